The van der Waals surface area contributed by atoms with Gasteiger partial charge in [0.15, 0.2) is 0 Å². The molecule has 3 aromatic rings. The van der Waals surface area contributed by atoms with Crippen LogP contribution in [0.15, 0.2) is 46.3 Å². The highest BCUT2D eigenvalue weighted by Gasteiger charge is 2.19. The molecule has 1 unspecified atom stereocenters. The zero-order valence-electron chi connectivity index (χ0n) is 11.4. The van der Waals surface area contributed by atoms with E-state index in [-0.39, 0.29) is 6.04 Å². The fourth-order valence-corrected chi connectivity index (χ4v) is 4.25. The number of pyridine rings is 1. The van der Waals surface area contributed by atoms with Crippen molar-refractivity contribution in [1.82, 2.24) is 10.3 Å². The van der Waals surface area contributed by atoms with Crippen molar-refractivity contribution >= 4 is 38.2 Å². The van der Waals surface area contributed by atoms with Crippen LogP contribution in [-0.2, 0) is 0 Å². The molecule has 2 aromatic heterocycles. The number of hydrogen-bond donors (Lipinski definition) is 1. The molecule has 2 heterocycles. The quantitative estimate of drug-likeness (QED) is 0.744. The summed E-state index contributed by atoms with van der Waals surface area (Å²) < 4.78 is 1.15. The average molecular weight is 347 g/mol. The summed E-state index contributed by atoms with van der Waals surface area (Å²) in [5.41, 5.74) is 3.38. The van der Waals surface area contributed by atoms with Crippen LogP contribution in [0.3, 0.4) is 0 Å². The van der Waals surface area contributed by atoms with E-state index in [4.69, 9.17) is 0 Å². The van der Waals surface area contributed by atoms with Gasteiger partial charge in [0.25, 0.3) is 0 Å². The molecule has 0 aliphatic rings. The lowest BCUT2D eigenvalue weighted by atomic mass is 10.00. The normalized spacial score (nSPS) is 12.8. The Morgan fingerprint density at radius 1 is 1.25 bits per heavy atom. The Bertz CT molecular complexity index is 751. The fraction of sp³-hybridized carbons (Fsp3) is 0.188. The lowest BCUT2D eigenvalue weighted by molar-refractivity contribution is 0.705. The van der Waals surface area contributed by atoms with E-state index in [1.807, 2.05) is 20.0 Å². The van der Waals surface area contributed by atoms with E-state index in [0.717, 1.165) is 15.7 Å². The molecule has 2 nitrogen and oxygen atoms in total. The van der Waals surface area contributed by atoms with Crippen molar-refractivity contribution in [3.8, 4) is 0 Å². The first-order valence-electron chi connectivity index (χ1n) is 6.47. The van der Waals surface area contributed by atoms with Crippen molar-refractivity contribution in [3.63, 3.8) is 0 Å². The van der Waals surface area contributed by atoms with Crippen LogP contribution < -0.4 is 5.32 Å². The number of rotatable bonds is 3. The zero-order valence-corrected chi connectivity index (χ0v) is 13.8. The van der Waals surface area contributed by atoms with Crippen LogP contribution in [0.25, 0.3) is 10.9 Å². The first-order chi connectivity index (χ1) is 9.70. The number of fused-ring (bicyclic) bond motifs is 1. The molecular weight excluding hydrogens is 332 g/mol. The van der Waals surface area contributed by atoms with Crippen molar-refractivity contribution in [2.75, 3.05) is 7.05 Å². The van der Waals surface area contributed by atoms with Gasteiger partial charge in [0.05, 0.1) is 11.6 Å². The third-order valence-electron chi connectivity index (χ3n) is 3.38. The van der Waals surface area contributed by atoms with E-state index in [9.17, 15) is 0 Å². The smallest absolute Gasteiger partial charge is 0.0708 e. The second-order valence-electron chi connectivity index (χ2n) is 4.72. The molecule has 0 aliphatic carbocycles. The number of hydrogen-bond acceptors (Lipinski definition) is 3. The molecule has 1 aromatic carbocycles. The Hall–Kier alpha value is -1.23. The van der Waals surface area contributed by atoms with E-state index >= 15 is 0 Å². The van der Waals surface area contributed by atoms with Crippen LogP contribution >= 0.6 is 27.3 Å². The van der Waals surface area contributed by atoms with Crippen LogP contribution in [0.1, 0.15) is 22.2 Å². The Morgan fingerprint density at radius 2 is 2.05 bits per heavy atom. The average Bonchev–Trinajstić information content (AvgIpc) is 2.86. The molecule has 20 heavy (non-hydrogen) atoms. The topological polar surface area (TPSA) is 24.9 Å². The minimum absolute atomic E-state index is 0.177. The van der Waals surface area contributed by atoms with Gasteiger partial charge in [-0.15, -0.1) is 11.3 Å². The van der Waals surface area contributed by atoms with Gasteiger partial charge in [-0.3, -0.25) is 4.98 Å². The predicted octanol–water partition coefficient (Wildman–Crippen LogP) is 4.68. The van der Waals surface area contributed by atoms with Crippen molar-refractivity contribution in [1.29, 1.82) is 0 Å². The maximum Gasteiger partial charge on any atom is 0.0708 e. The van der Waals surface area contributed by atoms with Crippen LogP contribution in [0, 0.1) is 6.92 Å². The molecule has 0 aliphatic heterocycles. The Kier molecular flexibility index (Phi) is 3.87. The molecule has 0 spiro atoms. The Morgan fingerprint density at radius 3 is 2.75 bits per heavy atom. The van der Waals surface area contributed by atoms with Gasteiger partial charge in [0.1, 0.15) is 0 Å². The number of halogens is 1. The number of thiophene rings is 1. The highest BCUT2D eigenvalue weighted by molar-refractivity contribution is 9.10. The summed E-state index contributed by atoms with van der Waals surface area (Å²) >= 11 is 5.40. The van der Waals surface area contributed by atoms with Crippen molar-refractivity contribution in [2.45, 2.75) is 13.0 Å². The van der Waals surface area contributed by atoms with Crippen molar-refractivity contribution < 1.29 is 0 Å². The maximum absolute atomic E-state index is 4.62. The number of nitrogens with one attached hydrogen (secondary N) is 1. The van der Waals surface area contributed by atoms with Crippen LogP contribution in [0.2, 0.25) is 0 Å². The molecule has 3 rings (SSSR count). The summed E-state index contributed by atoms with van der Waals surface area (Å²) in [6.07, 6.45) is 0. The second-order valence-corrected chi connectivity index (χ2v) is 6.53. The van der Waals surface area contributed by atoms with Gasteiger partial charge in [-0.25, -0.2) is 0 Å². The summed E-state index contributed by atoms with van der Waals surface area (Å²) in [5.74, 6) is 0. The molecule has 4 heteroatoms. The summed E-state index contributed by atoms with van der Waals surface area (Å²) in [5, 5.41) is 6.75. The molecule has 0 fully saturated rings. The van der Waals surface area contributed by atoms with Crippen LogP contribution in [0.5, 0.6) is 0 Å². The minimum Gasteiger partial charge on any atom is -0.309 e. The van der Waals surface area contributed by atoms with E-state index in [2.05, 4.69) is 61.9 Å². The Labute approximate surface area is 131 Å². The number of aromatic nitrogens is 1. The van der Waals surface area contributed by atoms with Gasteiger partial charge in [-0.2, -0.15) is 0 Å². The van der Waals surface area contributed by atoms with Gasteiger partial charge in [-0.05, 0) is 59.0 Å². The molecule has 0 amide bonds. The minimum atomic E-state index is 0.177. The van der Waals surface area contributed by atoms with Crippen molar-refractivity contribution in [3.05, 3.63) is 62.4 Å². The van der Waals surface area contributed by atoms with Crippen molar-refractivity contribution in [2.24, 2.45) is 0 Å². The predicted molar refractivity (Wildman–Crippen MR) is 89.4 cm³/mol. The molecule has 0 saturated carbocycles. The summed E-state index contributed by atoms with van der Waals surface area (Å²) in [6, 6.07) is 12.8. The first-order valence-corrected chi connectivity index (χ1v) is 8.14. The standard InChI is InChI=1S/C16H15BrN2S/c1-10-9-12(11-5-3-4-6-14(11)19-10)15(18-2)16-13(17)7-8-20-16/h3-9,15,18H,1-2H3. The number of benzene rings is 1. The highest BCUT2D eigenvalue weighted by Crippen LogP contribution is 2.35. The Balaban J connectivity index is 2.24. The van der Waals surface area contributed by atoms with Crippen LogP contribution in [0.4, 0.5) is 0 Å². The van der Waals surface area contributed by atoms with Gasteiger partial charge in [0, 0.05) is 20.4 Å². The molecule has 0 bridgehead atoms. The summed E-state index contributed by atoms with van der Waals surface area (Å²) in [7, 11) is 2.00. The van der Waals surface area contributed by atoms with Gasteiger partial charge < -0.3 is 5.32 Å². The molecule has 1 atom stereocenters. The van der Waals surface area contributed by atoms with E-state index < -0.39 is 0 Å². The summed E-state index contributed by atoms with van der Waals surface area (Å²) in [6.45, 7) is 2.05. The van der Waals surface area contributed by atoms with Gasteiger partial charge >= 0.3 is 0 Å². The third kappa shape index (κ3) is 2.39. The molecule has 102 valence electrons. The SMILES string of the molecule is CNC(c1sccc1Br)c1cc(C)nc2ccccc12. The largest absolute Gasteiger partial charge is 0.309 e. The summed E-state index contributed by atoms with van der Waals surface area (Å²) in [4.78, 5) is 5.92. The molecular formula is C16H15BrN2S. The van der Waals surface area contributed by atoms with E-state index in [0.29, 0.717) is 0 Å². The monoisotopic (exact) mass is 346 g/mol. The molecule has 0 radical (unpaired) electrons. The number of nitrogens with zero attached hydrogens (tertiary/aromatic N) is 1. The molecule has 0 saturated heterocycles. The number of aryl methyl sites for hydroxylation is 1. The third-order valence-corrected chi connectivity index (χ3v) is 5.32. The zero-order chi connectivity index (χ0) is 14.1. The maximum atomic E-state index is 4.62. The lowest BCUT2D eigenvalue weighted by Gasteiger charge is -2.18. The van der Waals surface area contributed by atoms with Gasteiger partial charge in [0.2, 0.25) is 0 Å². The second kappa shape index (κ2) is 5.64. The first kappa shape index (κ1) is 13.7. The molecule has 1 N–H and O–H groups in total. The van der Waals surface area contributed by atoms with Gasteiger partial charge in [-0.1, -0.05) is 18.2 Å². The lowest BCUT2D eigenvalue weighted by Crippen LogP contribution is -2.17. The van der Waals surface area contributed by atoms with Crippen LogP contribution in [-0.4, -0.2) is 12.0 Å². The van der Waals surface area contributed by atoms with E-state index in [1.165, 1.54) is 15.8 Å². The highest BCUT2D eigenvalue weighted by atomic mass is 79.9. The fourth-order valence-electron chi connectivity index (χ4n) is 2.52. The van der Waals surface area contributed by atoms with E-state index in [1.54, 1.807) is 11.3 Å². The number of para-hydroxylation sites is 1.